The number of ether oxygens (including phenoxy) is 1. The monoisotopic (exact) mass is 350 g/mol. The largest absolute Gasteiger partial charge is 0.381 e. The number of hydrogen-bond acceptors (Lipinski definition) is 1. The van der Waals surface area contributed by atoms with Crippen molar-refractivity contribution in [1.82, 2.24) is 0 Å². The lowest BCUT2D eigenvalue weighted by Gasteiger charge is -2.27. The fourth-order valence-corrected chi connectivity index (χ4v) is 2.90. The van der Waals surface area contributed by atoms with Gasteiger partial charge in [0.25, 0.3) is 0 Å². The smallest absolute Gasteiger partial charge is 0.137 e. The second-order valence-corrected chi connectivity index (χ2v) is 6.03. The van der Waals surface area contributed by atoms with Gasteiger partial charge in [-0.1, -0.05) is 28.1 Å². The van der Waals surface area contributed by atoms with E-state index in [9.17, 15) is 4.39 Å². The van der Waals surface area contributed by atoms with Crippen molar-refractivity contribution in [3.8, 4) is 0 Å². The van der Waals surface area contributed by atoms with Gasteiger partial charge >= 0.3 is 0 Å². The number of benzene rings is 1. The summed E-state index contributed by atoms with van der Waals surface area (Å²) in [5.41, 5.74) is 1.01. The lowest BCUT2D eigenvalue weighted by molar-refractivity contribution is 0.0605. The Labute approximate surface area is 112 Å². The lowest BCUT2D eigenvalue weighted by atomic mass is 9.94. The molecule has 0 bridgehead atoms. The summed E-state index contributed by atoms with van der Waals surface area (Å²) >= 11 is 6.96. The van der Waals surface area contributed by atoms with Gasteiger partial charge in [-0.05, 0) is 46.3 Å². The van der Waals surface area contributed by atoms with Crippen LogP contribution in [0.5, 0.6) is 0 Å². The standard InChI is InChI=1S/C12H13Br2FO/c13-10-4-5-16-7-9(10)6-8-2-1-3-11(15)12(8)14/h1-3,9-10H,4-7H2. The van der Waals surface area contributed by atoms with E-state index in [0.717, 1.165) is 31.6 Å². The summed E-state index contributed by atoms with van der Waals surface area (Å²) < 4.78 is 19.4. The fraction of sp³-hybridized carbons (Fsp3) is 0.500. The van der Waals surface area contributed by atoms with Crippen molar-refractivity contribution >= 4 is 31.9 Å². The highest BCUT2D eigenvalue weighted by atomic mass is 79.9. The molecule has 0 aromatic heterocycles. The molecule has 88 valence electrons. The van der Waals surface area contributed by atoms with Crippen LogP contribution in [0.15, 0.2) is 22.7 Å². The molecule has 2 rings (SSSR count). The Kier molecular flexibility index (Phi) is 4.39. The number of alkyl halides is 1. The third-order valence-corrected chi connectivity index (χ3v) is 4.99. The molecule has 1 nitrogen and oxygen atoms in total. The van der Waals surface area contributed by atoms with Gasteiger partial charge < -0.3 is 4.74 Å². The average Bonchev–Trinajstić information content (AvgIpc) is 2.28. The van der Waals surface area contributed by atoms with Gasteiger partial charge in [0.05, 0.1) is 11.1 Å². The highest BCUT2D eigenvalue weighted by Gasteiger charge is 2.24. The molecule has 1 heterocycles. The summed E-state index contributed by atoms with van der Waals surface area (Å²) in [6.07, 6.45) is 1.87. The van der Waals surface area contributed by atoms with Gasteiger partial charge in [-0.2, -0.15) is 0 Å². The third-order valence-electron chi connectivity index (χ3n) is 2.90. The molecule has 1 saturated heterocycles. The minimum atomic E-state index is -0.194. The summed E-state index contributed by atoms with van der Waals surface area (Å²) in [7, 11) is 0. The predicted molar refractivity (Wildman–Crippen MR) is 69.4 cm³/mol. The van der Waals surface area contributed by atoms with Crippen LogP contribution < -0.4 is 0 Å². The molecule has 1 aliphatic heterocycles. The van der Waals surface area contributed by atoms with E-state index in [1.165, 1.54) is 6.07 Å². The lowest BCUT2D eigenvalue weighted by Crippen LogP contribution is -2.29. The second kappa shape index (κ2) is 5.61. The van der Waals surface area contributed by atoms with Crippen LogP contribution in [0.1, 0.15) is 12.0 Å². The first-order valence-electron chi connectivity index (χ1n) is 5.33. The topological polar surface area (TPSA) is 9.23 Å². The van der Waals surface area contributed by atoms with Crippen molar-refractivity contribution in [2.75, 3.05) is 13.2 Å². The minimum absolute atomic E-state index is 0.194. The Morgan fingerprint density at radius 2 is 2.25 bits per heavy atom. The molecular weight excluding hydrogens is 339 g/mol. The zero-order valence-corrected chi connectivity index (χ0v) is 11.9. The SMILES string of the molecule is Fc1cccc(CC2COCCC2Br)c1Br. The molecular formula is C12H13Br2FO. The van der Waals surface area contributed by atoms with Crippen molar-refractivity contribution in [1.29, 1.82) is 0 Å². The van der Waals surface area contributed by atoms with Crippen LogP contribution in [-0.4, -0.2) is 18.0 Å². The Morgan fingerprint density at radius 3 is 3.00 bits per heavy atom. The van der Waals surface area contributed by atoms with Crippen LogP contribution >= 0.6 is 31.9 Å². The van der Waals surface area contributed by atoms with E-state index in [2.05, 4.69) is 31.9 Å². The van der Waals surface area contributed by atoms with Crippen LogP contribution in [0.4, 0.5) is 4.39 Å². The second-order valence-electron chi connectivity index (χ2n) is 4.06. The van der Waals surface area contributed by atoms with Gasteiger partial charge in [-0.15, -0.1) is 0 Å². The van der Waals surface area contributed by atoms with Gasteiger partial charge in [-0.3, -0.25) is 0 Å². The van der Waals surface area contributed by atoms with Gasteiger partial charge in [0, 0.05) is 11.4 Å². The zero-order valence-electron chi connectivity index (χ0n) is 8.76. The zero-order chi connectivity index (χ0) is 11.5. The van der Waals surface area contributed by atoms with Gasteiger partial charge in [0.1, 0.15) is 5.82 Å². The van der Waals surface area contributed by atoms with E-state index in [1.807, 2.05) is 6.07 Å². The molecule has 0 radical (unpaired) electrons. The molecule has 1 aliphatic rings. The van der Waals surface area contributed by atoms with Crippen LogP contribution in [0, 0.1) is 11.7 Å². The van der Waals surface area contributed by atoms with E-state index >= 15 is 0 Å². The minimum Gasteiger partial charge on any atom is -0.381 e. The molecule has 1 aromatic rings. The van der Waals surface area contributed by atoms with Gasteiger partial charge in [-0.25, -0.2) is 4.39 Å². The first-order chi connectivity index (χ1) is 7.68. The first kappa shape index (κ1) is 12.5. The number of halogens is 3. The normalized spacial score (nSPS) is 25.7. The molecule has 1 fully saturated rings. The molecule has 2 unspecified atom stereocenters. The number of rotatable bonds is 2. The van der Waals surface area contributed by atoms with E-state index in [0.29, 0.717) is 15.2 Å². The molecule has 0 spiro atoms. The molecule has 2 atom stereocenters. The Hall–Kier alpha value is 0.0700. The van der Waals surface area contributed by atoms with Gasteiger partial charge in [0.2, 0.25) is 0 Å². The summed E-state index contributed by atoms with van der Waals surface area (Å²) in [4.78, 5) is 0.469. The predicted octanol–water partition coefficient (Wildman–Crippen LogP) is 3.93. The van der Waals surface area contributed by atoms with E-state index in [-0.39, 0.29) is 5.82 Å². The molecule has 0 amide bonds. The molecule has 0 saturated carbocycles. The van der Waals surface area contributed by atoms with Crippen molar-refractivity contribution in [3.63, 3.8) is 0 Å². The highest BCUT2D eigenvalue weighted by molar-refractivity contribution is 9.10. The Morgan fingerprint density at radius 1 is 1.44 bits per heavy atom. The van der Waals surface area contributed by atoms with Crippen LogP contribution in [0.25, 0.3) is 0 Å². The van der Waals surface area contributed by atoms with Crippen LogP contribution in [0.3, 0.4) is 0 Å². The highest BCUT2D eigenvalue weighted by Crippen LogP contribution is 2.29. The van der Waals surface area contributed by atoms with Gasteiger partial charge in [0.15, 0.2) is 0 Å². The maximum absolute atomic E-state index is 13.3. The fourth-order valence-electron chi connectivity index (χ4n) is 1.95. The van der Waals surface area contributed by atoms with Crippen LogP contribution in [-0.2, 0) is 11.2 Å². The summed E-state index contributed by atoms with van der Waals surface area (Å²) in [5.74, 6) is 0.229. The molecule has 0 N–H and O–H groups in total. The first-order valence-corrected chi connectivity index (χ1v) is 7.04. The van der Waals surface area contributed by atoms with E-state index in [1.54, 1.807) is 6.07 Å². The summed E-state index contributed by atoms with van der Waals surface area (Å²) in [5, 5.41) is 0. The average molecular weight is 352 g/mol. The summed E-state index contributed by atoms with van der Waals surface area (Å²) in [6, 6.07) is 5.18. The Bertz CT molecular complexity index is 370. The Balaban J connectivity index is 2.10. The van der Waals surface area contributed by atoms with E-state index in [4.69, 9.17) is 4.74 Å². The quantitative estimate of drug-likeness (QED) is 0.733. The molecule has 1 aromatic carbocycles. The number of hydrogen-bond donors (Lipinski definition) is 0. The van der Waals surface area contributed by atoms with E-state index < -0.39 is 0 Å². The maximum Gasteiger partial charge on any atom is 0.137 e. The molecule has 0 aliphatic carbocycles. The summed E-state index contributed by atoms with van der Waals surface area (Å²) in [6.45, 7) is 1.57. The van der Waals surface area contributed by atoms with Crippen molar-refractivity contribution < 1.29 is 9.13 Å². The van der Waals surface area contributed by atoms with Crippen molar-refractivity contribution in [3.05, 3.63) is 34.1 Å². The van der Waals surface area contributed by atoms with Crippen molar-refractivity contribution in [2.45, 2.75) is 17.7 Å². The molecule has 16 heavy (non-hydrogen) atoms. The molecule has 4 heteroatoms. The maximum atomic E-state index is 13.3. The van der Waals surface area contributed by atoms with Crippen LogP contribution in [0.2, 0.25) is 0 Å². The van der Waals surface area contributed by atoms with Crippen molar-refractivity contribution in [2.24, 2.45) is 5.92 Å². The third kappa shape index (κ3) is 2.84.